The summed E-state index contributed by atoms with van der Waals surface area (Å²) in [5.74, 6) is -0.658. The molecule has 0 bridgehead atoms. The molecule has 7 heteroatoms. The molecule has 2 unspecified atom stereocenters. The lowest BCUT2D eigenvalue weighted by atomic mass is 9.95. The maximum atomic E-state index is 13.5. The SMILES string of the molecule is CC(C)CC(NC(=O)c1cc(C(C)Sc2ncc[nH]2)ccc1CCC(=O)O)c1ccccc1. The largest absolute Gasteiger partial charge is 0.481 e. The number of carbonyl (C=O) groups is 2. The van der Waals surface area contributed by atoms with Crippen LogP contribution in [0.15, 0.2) is 66.1 Å². The molecule has 0 aliphatic heterocycles. The molecule has 0 aliphatic carbocycles. The maximum absolute atomic E-state index is 13.5. The molecule has 0 saturated heterocycles. The summed E-state index contributed by atoms with van der Waals surface area (Å²) in [6.45, 7) is 6.33. The number of aryl methyl sites for hydroxylation is 1. The third kappa shape index (κ3) is 7.22. The monoisotopic (exact) mass is 465 g/mol. The van der Waals surface area contributed by atoms with Crippen molar-refractivity contribution in [3.63, 3.8) is 0 Å². The van der Waals surface area contributed by atoms with Crippen molar-refractivity contribution in [2.24, 2.45) is 5.92 Å². The summed E-state index contributed by atoms with van der Waals surface area (Å²) in [6, 6.07) is 15.6. The first-order chi connectivity index (χ1) is 15.8. The first-order valence-corrected chi connectivity index (χ1v) is 12.1. The number of thioether (sulfide) groups is 1. The summed E-state index contributed by atoms with van der Waals surface area (Å²) in [4.78, 5) is 32.0. The zero-order chi connectivity index (χ0) is 23.8. The third-order valence-corrected chi connectivity index (χ3v) is 6.50. The number of nitrogens with one attached hydrogen (secondary N) is 2. The molecule has 0 radical (unpaired) electrons. The van der Waals surface area contributed by atoms with Crippen molar-refractivity contribution < 1.29 is 14.7 Å². The molecule has 0 saturated carbocycles. The van der Waals surface area contributed by atoms with E-state index in [-0.39, 0.29) is 23.6 Å². The molecular formula is C26H31N3O3S. The number of benzene rings is 2. The van der Waals surface area contributed by atoms with Crippen molar-refractivity contribution in [1.29, 1.82) is 0 Å². The highest BCUT2D eigenvalue weighted by atomic mass is 32.2. The number of amides is 1. The van der Waals surface area contributed by atoms with Gasteiger partial charge in [-0.15, -0.1) is 0 Å². The van der Waals surface area contributed by atoms with Gasteiger partial charge in [0.15, 0.2) is 5.16 Å². The predicted molar refractivity (Wildman–Crippen MR) is 131 cm³/mol. The minimum atomic E-state index is -0.880. The van der Waals surface area contributed by atoms with Gasteiger partial charge in [-0.05, 0) is 48.4 Å². The number of carbonyl (C=O) groups excluding carboxylic acids is 1. The summed E-state index contributed by atoms with van der Waals surface area (Å²) in [5.41, 5.74) is 3.32. The van der Waals surface area contributed by atoms with Crippen molar-refractivity contribution in [3.8, 4) is 0 Å². The van der Waals surface area contributed by atoms with Gasteiger partial charge in [0.1, 0.15) is 0 Å². The molecule has 6 nitrogen and oxygen atoms in total. The Hall–Kier alpha value is -3.06. The van der Waals surface area contributed by atoms with Gasteiger partial charge in [0, 0.05) is 29.6 Å². The van der Waals surface area contributed by atoms with Crippen LogP contribution in [0.5, 0.6) is 0 Å². The van der Waals surface area contributed by atoms with Crippen molar-refractivity contribution >= 4 is 23.6 Å². The van der Waals surface area contributed by atoms with Gasteiger partial charge < -0.3 is 15.4 Å². The van der Waals surface area contributed by atoms with Crippen molar-refractivity contribution in [1.82, 2.24) is 15.3 Å². The highest BCUT2D eigenvalue weighted by molar-refractivity contribution is 7.99. The maximum Gasteiger partial charge on any atom is 0.303 e. The second-order valence-corrected chi connectivity index (χ2v) is 9.86. The van der Waals surface area contributed by atoms with Crippen LogP contribution in [-0.2, 0) is 11.2 Å². The van der Waals surface area contributed by atoms with Gasteiger partial charge in [0.05, 0.1) is 6.04 Å². The van der Waals surface area contributed by atoms with E-state index in [0.29, 0.717) is 17.9 Å². The first-order valence-electron chi connectivity index (χ1n) is 11.2. The Morgan fingerprint density at radius 1 is 1.09 bits per heavy atom. The van der Waals surface area contributed by atoms with Crippen LogP contribution >= 0.6 is 11.8 Å². The fourth-order valence-corrected chi connectivity index (χ4v) is 4.62. The number of hydrogen-bond acceptors (Lipinski definition) is 4. The number of carboxylic acids is 1. The Balaban J connectivity index is 1.88. The van der Waals surface area contributed by atoms with E-state index in [1.807, 2.05) is 48.5 Å². The number of aromatic amines is 1. The van der Waals surface area contributed by atoms with Crippen LogP contribution < -0.4 is 5.32 Å². The smallest absolute Gasteiger partial charge is 0.303 e. The number of H-pyrrole nitrogens is 1. The number of imidazole rings is 1. The van der Waals surface area contributed by atoms with E-state index in [0.717, 1.165) is 28.3 Å². The van der Waals surface area contributed by atoms with E-state index in [4.69, 9.17) is 5.11 Å². The van der Waals surface area contributed by atoms with Crippen molar-refractivity contribution in [2.75, 3.05) is 0 Å². The molecule has 2 atom stereocenters. The van der Waals surface area contributed by atoms with E-state index in [9.17, 15) is 9.59 Å². The summed E-state index contributed by atoms with van der Waals surface area (Å²) in [6.07, 6.45) is 4.58. The minimum absolute atomic E-state index is 0.0234. The molecule has 0 aliphatic rings. The van der Waals surface area contributed by atoms with Crippen LogP contribution in [0.3, 0.4) is 0 Å². The van der Waals surface area contributed by atoms with E-state index in [1.54, 1.807) is 24.2 Å². The highest BCUT2D eigenvalue weighted by Crippen LogP contribution is 2.34. The fraction of sp³-hybridized carbons (Fsp3) is 0.346. The number of carboxylic acid groups (broad SMARTS) is 1. The third-order valence-electron chi connectivity index (χ3n) is 5.43. The van der Waals surface area contributed by atoms with E-state index < -0.39 is 5.97 Å². The number of rotatable bonds is 11. The Bertz CT molecular complexity index is 1050. The number of hydrogen-bond donors (Lipinski definition) is 3. The number of aliphatic carboxylic acids is 1. The molecule has 33 heavy (non-hydrogen) atoms. The second kappa shape index (κ2) is 11.7. The van der Waals surface area contributed by atoms with Gasteiger partial charge in [-0.1, -0.05) is 68.1 Å². The van der Waals surface area contributed by atoms with Gasteiger partial charge >= 0.3 is 5.97 Å². The van der Waals surface area contributed by atoms with Gasteiger partial charge in [-0.2, -0.15) is 0 Å². The van der Waals surface area contributed by atoms with Crippen molar-refractivity contribution in [3.05, 3.63) is 83.2 Å². The molecule has 0 spiro atoms. The molecular weight excluding hydrogens is 434 g/mol. The van der Waals surface area contributed by atoms with Crippen LogP contribution in [0, 0.1) is 5.92 Å². The lowest BCUT2D eigenvalue weighted by Crippen LogP contribution is -2.30. The lowest BCUT2D eigenvalue weighted by Gasteiger charge is -2.22. The van der Waals surface area contributed by atoms with Crippen LogP contribution in [0.4, 0.5) is 0 Å². The zero-order valence-electron chi connectivity index (χ0n) is 19.2. The molecule has 1 heterocycles. The molecule has 3 aromatic rings. The summed E-state index contributed by atoms with van der Waals surface area (Å²) in [5, 5.41) is 13.3. The Morgan fingerprint density at radius 3 is 2.48 bits per heavy atom. The van der Waals surface area contributed by atoms with Gasteiger partial charge in [0.2, 0.25) is 0 Å². The lowest BCUT2D eigenvalue weighted by molar-refractivity contribution is -0.136. The molecule has 0 fully saturated rings. The highest BCUT2D eigenvalue weighted by Gasteiger charge is 2.21. The molecule has 2 aromatic carbocycles. The molecule has 3 rings (SSSR count). The number of nitrogens with zero attached hydrogens (tertiary/aromatic N) is 1. The van der Waals surface area contributed by atoms with Gasteiger partial charge in [-0.3, -0.25) is 9.59 Å². The standard InChI is InChI=1S/C26H31N3O3S/c1-17(2)15-23(20-7-5-4-6-8-20)29-25(32)22-16-21(10-9-19(22)11-12-24(30)31)18(3)33-26-27-13-14-28-26/h4-10,13-14,16-18,23H,11-12,15H2,1-3H3,(H,27,28)(H,29,32)(H,30,31). The normalized spacial score (nSPS) is 13.0. The van der Waals surface area contributed by atoms with Crippen LogP contribution in [0.25, 0.3) is 0 Å². The first kappa shape index (κ1) is 24.6. The van der Waals surface area contributed by atoms with Gasteiger partial charge in [-0.25, -0.2) is 4.98 Å². The van der Waals surface area contributed by atoms with Crippen LogP contribution in [-0.4, -0.2) is 27.0 Å². The molecule has 174 valence electrons. The Morgan fingerprint density at radius 2 is 1.85 bits per heavy atom. The average Bonchev–Trinajstić information content (AvgIpc) is 3.30. The minimum Gasteiger partial charge on any atom is -0.481 e. The molecule has 1 aromatic heterocycles. The fourth-order valence-electron chi connectivity index (χ4n) is 3.74. The quantitative estimate of drug-likeness (QED) is 0.311. The van der Waals surface area contributed by atoms with E-state index in [1.165, 1.54) is 0 Å². The average molecular weight is 466 g/mol. The van der Waals surface area contributed by atoms with Gasteiger partial charge in [0.25, 0.3) is 5.91 Å². The van der Waals surface area contributed by atoms with E-state index >= 15 is 0 Å². The number of aromatic nitrogens is 2. The Labute approximate surface area is 199 Å². The zero-order valence-corrected chi connectivity index (χ0v) is 20.1. The van der Waals surface area contributed by atoms with Crippen LogP contribution in [0.1, 0.15) is 72.0 Å². The second-order valence-electron chi connectivity index (χ2n) is 8.53. The summed E-state index contributed by atoms with van der Waals surface area (Å²) in [7, 11) is 0. The predicted octanol–water partition coefficient (Wildman–Crippen LogP) is 5.80. The molecule has 1 amide bonds. The van der Waals surface area contributed by atoms with E-state index in [2.05, 4.69) is 36.1 Å². The Kier molecular flexibility index (Phi) is 8.72. The van der Waals surface area contributed by atoms with Crippen molar-refractivity contribution in [2.45, 2.75) is 56.5 Å². The summed E-state index contributed by atoms with van der Waals surface area (Å²) < 4.78 is 0. The van der Waals surface area contributed by atoms with Crippen LogP contribution in [0.2, 0.25) is 0 Å². The summed E-state index contributed by atoms with van der Waals surface area (Å²) >= 11 is 1.57. The molecule has 3 N–H and O–H groups in total. The topological polar surface area (TPSA) is 95.1 Å².